The van der Waals surface area contributed by atoms with E-state index in [0.717, 1.165) is 12.8 Å². The van der Waals surface area contributed by atoms with Crippen molar-refractivity contribution >= 4 is 5.91 Å². The number of hydrogen-bond donors (Lipinski definition) is 1. The summed E-state index contributed by atoms with van der Waals surface area (Å²) in [6, 6.07) is 2.83. The van der Waals surface area contributed by atoms with Crippen molar-refractivity contribution < 1.29 is 19.0 Å². The average Bonchev–Trinajstić information content (AvgIpc) is 2.90. The summed E-state index contributed by atoms with van der Waals surface area (Å²) in [4.78, 5) is 18.4. The van der Waals surface area contributed by atoms with E-state index in [2.05, 4.69) is 4.98 Å². The zero-order chi connectivity index (χ0) is 13.9. The fraction of sp³-hybridized carbons (Fsp3) is 0.571. The number of nitrogens with zero attached hydrogens (tertiary/aromatic N) is 2. The standard InChI is InChI=1S/C14H15FN2O3/c15-8-1-2-10(16-7-8)11-3-4-12-17(11)13(19)14(20-12)5-9(18)6-14/h1-2,7,9,11-12,18H,3-6H2/t9?,11-,12+,14?/m0/s1. The predicted octanol–water partition coefficient (Wildman–Crippen LogP) is 1.13. The number of ether oxygens (including phenoxy) is 1. The smallest absolute Gasteiger partial charge is 0.257 e. The van der Waals surface area contributed by atoms with Gasteiger partial charge in [0.1, 0.15) is 12.0 Å². The maximum Gasteiger partial charge on any atom is 0.257 e. The molecule has 3 fully saturated rings. The second-order valence-corrected chi connectivity index (χ2v) is 5.84. The highest BCUT2D eigenvalue weighted by Gasteiger charge is 2.62. The van der Waals surface area contributed by atoms with Crippen molar-refractivity contribution in [3.63, 3.8) is 0 Å². The molecule has 0 unspecified atom stereocenters. The van der Waals surface area contributed by atoms with Gasteiger partial charge in [-0.05, 0) is 25.0 Å². The van der Waals surface area contributed by atoms with E-state index in [9.17, 15) is 14.3 Å². The zero-order valence-electron chi connectivity index (χ0n) is 10.8. The van der Waals surface area contributed by atoms with E-state index in [1.165, 1.54) is 12.3 Å². The Morgan fingerprint density at radius 3 is 2.85 bits per heavy atom. The number of rotatable bonds is 1. The van der Waals surface area contributed by atoms with Crippen LogP contribution in [0.2, 0.25) is 0 Å². The van der Waals surface area contributed by atoms with Gasteiger partial charge >= 0.3 is 0 Å². The topological polar surface area (TPSA) is 62.7 Å². The molecule has 3 heterocycles. The molecule has 4 rings (SSSR count). The Hall–Kier alpha value is -1.53. The molecule has 1 saturated carbocycles. The summed E-state index contributed by atoms with van der Waals surface area (Å²) in [7, 11) is 0. The van der Waals surface area contributed by atoms with Crippen LogP contribution in [-0.4, -0.2) is 38.8 Å². The van der Waals surface area contributed by atoms with Gasteiger partial charge in [-0.2, -0.15) is 0 Å². The molecule has 0 bridgehead atoms. The lowest BCUT2D eigenvalue weighted by Gasteiger charge is -2.39. The van der Waals surface area contributed by atoms with Crippen LogP contribution < -0.4 is 0 Å². The Kier molecular flexibility index (Phi) is 2.44. The third kappa shape index (κ3) is 1.55. The largest absolute Gasteiger partial charge is 0.393 e. The summed E-state index contributed by atoms with van der Waals surface area (Å²) >= 11 is 0. The second kappa shape index (κ2) is 3.99. The van der Waals surface area contributed by atoms with Gasteiger partial charge in [-0.3, -0.25) is 9.78 Å². The molecule has 1 aromatic rings. The fourth-order valence-corrected chi connectivity index (χ4v) is 3.56. The molecule has 2 atom stereocenters. The lowest BCUT2D eigenvalue weighted by Crippen LogP contribution is -2.54. The number of amides is 1. The van der Waals surface area contributed by atoms with Gasteiger partial charge in [-0.15, -0.1) is 0 Å². The van der Waals surface area contributed by atoms with E-state index in [4.69, 9.17) is 4.74 Å². The molecule has 2 aliphatic heterocycles. The Labute approximate surface area is 115 Å². The maximum atomic E-state index is 13.0. The first-order valence-electron chi connectivity index (χ1n) is 6.89. The summed E-state index contributed by atoms with van der Waals surface area (Å²) < 4.78 is 18.8. The second-order valence-electron chi connectivity index (χ2n) is 5.84. The van der Waals surface area contributed by atoms with Crippen LogP contribution in [0.25, 0.3) is 0 Å². The van der Waals surface area contributed by atoms with Crippen LogP contribution in [0.3, 0.4) is 0 Å². The number of pyridine rings is 1. The Morgan fingerprint density at radius 2 is 2.20 bits per heavy atom. The molecule has 0 radical (unpaired) electrons. The molecule has 20 heavy (non-hydrogen) atoms. The molecule has 1 spiro atoms. The number of fused-ring (bicyclic) bond motifs is 1. The van der Waals surface area contributed by atoms with Crippen LogP contribution in [0.4, 0.5) is 4.39 Å². The molecule has 106 valence electrons. The lowest BCUT2D eigenvalue weighted by atomic mass is 9.76. The van der Waals surface area contributed by atoms with E-state index in [1.807, 2.05) is 0 Å². The van der Waals surface area contributed by atoms with Crippen molar-refractivity contribution in [1.82, 2.24) is 9.88 Å². The first kappa shape index (κ1) is 12.2. The molecule has 1 N–H and O–H groups in total. The summed E-state index contributed by atoms with van der Waals surface area (Å²) in [5.41, 5.74) is -0.120. The number of aromatic nitrogens is 1. The van der Waals surface area contributed by atoms with Crippen LogP contribution in [0, 0.1) is 5.82 Å². The summed E-state index contributed by atoms with van der Waals surface area (Å²) in [5.74, 6) is -0.438. The SMILES string of the molecule is O=C1N2[C@@H](CC[C@H]2c2ccc(F)cn2)OC12CC(O)C2. The minimum absolute atomic E-state index is 0.0542. The molecule has 2 saturated heterocycles. The van der Waals surface area contributed by atoms with E-state index in [0.29, 0.717) is 18.5 Å². The number of halogens is 1. The predicted molar refractivity (Wildman–Crippen MR) is 65.9 cm³/mol. The maximum absolute atomic E-state index is 13.0. The monoisotopic (exact) mass is 278 g/mol. The van der Waals surface area contributed by atoms with Crippen molar-refractivity contribution in [2.45, 2.75) is 49.7 Å². The van der Waals surface area contributed by atoms with Crippen LogP contribution in [0.1, 0.15) is 37.4 Å². The molecule has 3 aliphatic rings. The van der Waals surface area contributed by atoms with Gasteiger partial charge in [0.05, 0.1) is 24.0 Å². The minimum atomic E-state index is -0.817. The van der Waals surface area contributed by atoms with Gasteiger partial charge in [-0.25, -0.2) is 4.39 Å². The zero-order valence-corrected chi connectivity index (χ0v) is 10.8. The molecular formula is C14H15FN2O3. The van der Waals surface area contributed by atoms with E-state index in [-0.39, 0.29) is 24.0 Å². The fourth-order valence-electron chi connectivity index (χ4n) is 3.56. The van der Waals surface area contributed by atoms with Gasteiger partial charge < -0.3 is 14.7 Å². The quantitative estimate of drug-likeness (QED) is 0.836. The van der Waals surface area contributed by atoms with Crippen molar-refractivity contribution in [2.75, 3.05) is 0 Å². The highest BCUT2D eigenvalue weighted by molar-refractivity contribution is 5.89. The van der Waals surface area contributed by atoms with Crippen LogP contribution in [0.15, 0.2) is 18.3 Å². The molecule has 1 aromatic heterocycles. The summed E-state index contributed by atoms with van der Waals surface area (Å²) in [6.07, 6.45) is 2.78. The highest BCUT2D eigenvalue weighted by atomic mass is 19.1. The molecule has 0 aromatic carbocycles. The number of carbonyl (C=O) groups excluding carboxylic acids is 1. The summed E-state index contributed by atoms with van der Waals surface area (Å²) in [6.45, 7) is 0. The van der Waals surface area contributed by atoms with Gasteiger partial charge in [-0.1, -0.05) is 0 Å². The lowest BCUT2D eigenvalue weighted by molar-refractivity contribution is -0.165. The van der Waals surface area contributed by atoms with E-state index >= 15 is 0 Å². The first-order valence-corrected chi connectivity index (χ1v) is 6.89. The molecule has 5 nitrogen and oxygen atoms in total. The van der Waals surface area contributed by atoms with Gasteiger partial charge in [0, 0.05) is 12.8 Å². The third-order valence-corrected chi connectivity index (χ3v) is 4.54. The molecular weight excluding hydrogens is 263 g/mol. The van der Waals surface area contributed by atoms with Crippen LogP contribution >= 0.6 is 0 Å². The first-order chi connectivity index (χ1) is 9.59. The Balaban J connectivity index is 1.62. The van der Waals surface area contributed by atoms with Gasteiger partial charge in [0.2, 0.25) is 0 Å². The molecule has 1 aliphatic carbocycles. The van der Waals surface area contributed by atoms with Crippen LogP contribution in [-0.2, 0) is 9.53 Å². The number of aliphatic hydroxyl groups excluding tert-OH is 1. The van der Waals surface area contributed by atoms with E-state index < -0.39 is 11.7 Å². The summed E-state index contributed by atoms with van der Waals surface area (Å²) in [5, 5.41) is 9.46. The number of hydrogen-bond acceptors (Lipinski definition) is 4. The van der Waals surface area contributed by atoms with Crippen molar-refractivity contribution in [3.05, 3.63) is 29.8 Å². The van der Waals surface area contributed by atoms with Crippen molar-refractivity contribution in [1.29, 1.82) is 0 Å². The normalized spacial score (nSPS) is 39.2. The molecule has 1 amide bonds. The number of carbonyl (C=O) groups is 1. The van der Waals surface area contributed by atoms with Gasteiger partial charge in [0.25, 0.3) is 5.91 Å². The van der Waals surface area contributed by atoms with Crippen molar-refractivity contribution in [2.24, 2.45) is 0 Å². The van der Waals surface area contributed by atoms with Gasteiger partial charge in [0.15, 0.2) is 5.60 Å². The third-order valence-electron chi connectivity index (χ3n) is 4.54. The Bertz CT molecular complexity index is 556. The highest BCUT2D eigenvalue weighted by Crippen LogP contribution is 2.50. The average molecular weight is 278 g/mol. The van der Waals surface area contributed by atoms with E-state index in [1.54, 1.807) is 11.0 Å². The van der Waals surface area contributed by atoms with Crippen molar-refractivity contribution in [3.8, 4) is 0 Å². The number of aliphatic hydroxyl groups is 1. The Morgan fingerprint density at radius 1 is 1.40 bits per heavy atom. The van der Waals surface area contributed by atoms with Crippen LogP contribution in [0.5, 0.6) is 0 Å². The minimum Gasteiger partial charge on any atom is -0.393 e. The molecule has 6 heteroatoms.